The number of Topliss-reactive ketones (excluding diaryl/α,β-unsaturated/α-hetero) is 1. The number of amides is 1. The van der Waals surface area contributed by atoms with E-state index in [0.29, 0.717) is 22.7 Å². The van der Waals surface area contributed by atoms with Crippen LogP contribution in [-0.2, 0) is 4.79 Å². The minimum Gasteiger partial charge on any atom is -0.484 e. The lowest BCUT2D eigenvalue weighted by molar-refractivity contribution is -0.118. The van der Waals surface area contributed by atoms with Crippen LogP contribution in [0.1, 0.15) is 23.0 Å². The van der Waals surface area contributed by atoms with Crippen molar-refractivity contribution < 1.29 is 14.3 Å². The van der Waals surface area contributed by atoms with E-state index >= 15 is 0 Å². The van der Waals surface area contributed by atoms with Crippen molar-refractivity contribution in [3.05, 3.63) is 76.5 Å². The van der Waals surface area contributed by atoms with Gasteiger partial charge < -0.3 is 15.0 Å². The van der Waals surface area contributed by atoms with E-state index in [1.54, 1.807) is 61.7 Å². The number of aryl methyl sites for hydroxylation is 1. The minimum atomic E-state index is -0.362. The Morgan fingerprint density at radius 3 is 2.44 bits per heavy atom. The Hall–Kier alpha value is -3.61. The second kappa shape index (κ2) is 7.74. The van der Waals surface area contributed by atoms with Crippen molar-refractivity contribution in [2.24, 2.45) is 0 Å². The summed E-state index contributed by atoms with van der Waals surface area (Å²) in [5.41, 5.74) is 2.09. The average Bonchev–Trinajstić information content (AvgIpc) is 2.99. The fraction of sp³-hybridized carbons (Fsp3) is 0.150. The van der Waals surface area contributed by atoms with Crippen LogP contribution in [0.4, 0.5) is 5.69 Å². The largest absolute Gasteiger partial charge is 0.484 e. The Kier molecular flexibility index (Phi) is 5.21. The van der Waals surface area contributed by atoms with Gasteiger partial charge in [0.2, 0.25) is 0 Å². The van der Waals surface area contributed by atoms with E-state index in [4.69, 9.17) is 4.74 Å². The molecule has 0 saturated heterocycles. The van der Waals surface area contributed by atoms with Crippen LogP contribution in [0.25, 0.3) is 5.69 Å². The Morgan fingerprint density at radius 2 is 1.81 bits per heavy atom. The Balaban J connectivity index is 1.70. The van der Waals surface area contributed by atoms with Crippen molar-refractivity contribution in [3.63, 3.8) is 0 Å². The molecule has 0 unspecified atom stereocenters. The summed E-state index contributed by atoms with van der Waals surface area (Å²) < 4.78 is 6.94. The van der Waals surface area contributed by atoms with Gasteiger partial charge in [0.15, 0.2) is 12.4 Å². The van der Waals surface area contributed by atoms with E-state index in [-0.39, 0.29) is 24.0 Å². The molecule has 27 heavy (non-hydrogen) atoms. The zero-order valence-corrected chi connectivity index (χ0v) is 15.0. The average molecular weight is 365 g/mol. The van der Waals surface area contributed by atoms with Gasteiger partial charge in [-0.15, -0.1) is 0 Å². The van der Waals surface area contributed by atoms with E-state index in [9.17, 15) is 14.4 Å². The molecule has 7 heteroatoms. The highest BCUT2D eigenvalue weighted by atomic mass is 16.5. The normalized spacial score (nSPS) is 10.4. The van der Waals surface area contributed by atoms with Gasteiger partial charge >= 0.3 is 5.69 Å². The molecule has 1 heterocycles. The highest BCUT2D eigenvalue weighted by molar-refractivity contribution is 5.94. The van der Waals surface area contributed by atoms with Crippen molar-refractivity contribution in [2.45, 2.75) is 13.8 Å². The van der Waals surface area contributed by atoms with Crippen LogP contribution in [0, 0.1) is 6.92 Å². The molecule has 3 aromatic rings. The van der Waals surface area contributed by atoms with Gasteiger partial charge in [-0.05, 0) is 50.2 Å². The van der Waals surface area contributed by atoms with Gasteiger partial charge in [-0.3, -0.25) is 14.2 Å². The number of aromatic nitrogens is 2. The number of aromatic amines is 1. The SMILES string of the molecule is CC(=O)c1ccc(OCC(=O)Nc2ccccc2-n2c(C)c[nH]c2=O)cc1. The summed E-state index contributed by atoms with van der Waals surface area (Å²) in [5, 5.41) is 2.76. The van der Waals surface area contributed by atoms with E-state index in [2.05, 4.69) is 10.3 Å². The van der Waals surface area contributed by atoms with E-state index in [1.165, 1.54) is 11.5 Å². The van der Waals surface area contributed by atoms with Crippen LogP contribution >= 0.6 is 0 Å². The molecule has 0 aliphatic heterocycles. The molecule has 3 rings (SSSR count). The standard InChI is InChI=1S/C20H19N3O4/c1-13-11-21-20(26)23(13)18-6-4-3-5-17(18)22-19(25)12-27-16-9-7-15(8-10-16)14(2)24/h3-11H,12H2,1-2H3,(H,21,26)(H,22,25). The summed E-state index contributed by atoms with van der Waals surface area (Å²) in [4.78, 5) is 38.2. The predicted octanol–water partition coefficient (Wildman–Crippen LogP) is 2.69. The lowest BCUT2D eigenvalue weighted by Crippen LogP contribution is -2.23. The lowest BCUT2D eigenvalue weighted by atomic mass is 10.1. The predicted molar refractivity (Wildman–Crippen MR) is 102 cm³/mol. The van der Waals surface area contributed by atoms with Crippen molar-refractivity contribution >= 4 is 17.4 Å². The summed E-state index contributed by atoms with van der Waals surface area (Å²) in [6, 6.07) is 13.6. The third-order valence-corrected chi connectivity index (χ3v) is 4.01. The molecule has 0 aliphatic carbocycles. The topological polar surface area (TPSA) is 93.2 Å². The number of carbonyl (C=O) groups is 2. The number of benzene rings is 2. The quantitative estimate of drug-likeness (QED) is 0.657. The molecule has 0 aliphatic rings. The molecule has 0 fully saturated rings. The summed E-state index contributed by atoms with van der Waals surface area (Å²) >= 11 is 0. The molecule has 0 spiro atoms. The smallest absolute Gasteiger partial charge is 0.330 e. The number of ketones is 1. The molecule has 0 saturated carbocycles. The number of nitrogens with one attached hydrogen (secondary N) is 2. The number of hydrogen-bond acceptors (Lipinski definition) is 4. The van der Waals surface area contributed by atoms with Crippen LogP contribution in [0.2, 0.25) is 0 Å². The molecule has 1 amide bonds. The minimum absolute atomic E-state index is 0.0359. The zero-order chi connectivity index (χ0) is 19.4. The Labute approximate surface area is 155 Å². The van der Waals surface area contributed by atoms with Crippen molar-refractivity contribution in [1.29, 1.82) is 0 Å². The summed E-state index contributed by atoms with van der Waals surface area (Å²) in [5.74, 6) is 0.0895. The zero-order valence-electron chi connectivity index (χ0n) is 15.0. The summed E-state index contributed by atoms with van der Waals surface area (Å²) in [6.07, 6.45) is 1.61. The number of imidazole rings is 1. The van der Waals surface area contributed by atoms with Crippen LogP contribution in [-0.4, -0.2) is 27.8 Å². The Bertz CT molecular complexity index is 1030. The number of nitrogens with zero attached hydrogens (tertiary/aromatic N) is 1. The monoisotopic (exact) mass is 365 g/mol. The van der Waals surface area contributed by atoms with Crippen LogP contribution in [0.5, 0.6) is 5.75 Å². The second-order valence-corrected chi connectivity index (χ2v) is 6.01. The highest BCUT2D eigenvalue weighted by Gasteiger charge is 2.12. The summed E-state index contributed by atoms with van der Waals surface area (Å²) in [7, 11) is 0. The second-order valence-electron chi connectivity index (χ2n) is 6.01. The van der Waals surface area contributed by atoms with E-state index in [0.717, 1.165) is 5.69 Å². The number of H-pyrrole nitrogens is 1. The molecule has 2 N–H and O–H groups in total. The van der Waals surface area contributed by atoms with Gasteiger partial charge in [0.05, 0.1) is 11.4 Å². The first-order chi connectivity index (χ1) is 13.0. The maximum Gasteiger partial charge on any atom is 0.330 e. The van der Waals surface area contributed by atoms with Gasteiger partial charge in [0, 0.05) is 17.5 Å². The summed E-state index contributed by atoms with van der Waals surface area (Å²) in [6.45, 7) is 3.08. The molecule has 0 radical (unpaired) electrons. The number of anilines is 1. The van der Waals surface area contributed by atoms with Gasteiger partial charge in [-0.2, -0.15) is 0 Å². The first-order valence-corrected chi connectivity index (χ1v) is 8.36. The fourth-order valence-electron chi connectivity index (χ4n) is 2.65. The molecule has 0 atom stereocenters. The first-order valence-electron chi connectivity index (χ1n) is 8.36. The molecule has 7 nitrogen and oxygen atoms in total. The number of para-hydroxylation sites is 2. The van der Waals surface area contributed by atoms with Gasteiger partial charge in [-0.25, -0.2) is 4.79 Å². The van der Waals surface area contributed by atoms with Crippen molar-refractivity contribution in [3.8, 4) is 11.4 Å². The Morgan fingerprint density at radius 1 is 1.11 bits per heavy atom. The third kappa shape index (κ3) is 4.14. The van der Waals surface area contributed by atoms with Gasteiger partial charge in [-0.1, -0.05) is 12.1 Å². The molecule has 1 aromatic heterocycles. The molecular weight excluding hydrogens is 346 g/mol. The van der Waals surface area contributed by atoms with Gasteiger partial charge in [0.25, 0.3) is 5.91 Å². The van der Waals surface area contributed by atoms with Crippen LogP contribution in [0.3, 0.4) is 0 Å². The fourth-order valence-corrected chi connectivity index (χ4v) is 2.65. The van der Waals surface area contributed by atoms with Crippen molar-refractivity contribution in [1.82, 2.24) is 9.55 Å². The van der Waals surface area contributed by atoms with Crippen LogP contribution in [0.15, 0.2) is 59.5 Å². The van der Waals surface area contributed by atoms with E-state index in [1.807, 2.05) is 0 Å². The van der Waals surface area contributed by atoms with Crippen molar-refractivity contribution in [2.75, 3.05) is 11.9 Å². The molecule has 2 aromatic carbocycles. The first kappa shape index (κ1) is 18.2. The van der Waals surface area contributed by atoms with Crippen LogP contribution < -0.4 is 15.7 Å². The lowest BCUT2D eigenvalue weighted by Gasteiger charge is -2.13. The molecule has 0 bridgehead atoms. The molecular formula is C20H19N3O4. The van der Waals surface area contributed by atoms with E-state index < -0.39 is 0 Å². The molecule has 138 valence electrons. The maximum atomic E-state index is 12.3. The van der Waals surface area contributed by atoms with Gasteiger partial charge in [0.1, 0.15) is 5.75 Å². The number of rotatable bonds is 6. The maximum absolute atomic E-state index is 12.3. The number of carbonyl (C=O) groups excluding carboxylic acids is 2. The number of hydrogen-bond donors (Lipinski definition) is 2. The highest BCUT2D eigenvalue weighted by Crippen LogP contribution is 2.20. The third-order valence-electron chi connectivity index (χ3n) is 4.01. The number of ether oxygens (including phenoxy) is 1.